The van der Waals surface area contributed by atoms with Gasteiger partial charge in [-0.1, -0.05) is 48.5 Å². The molecule has 6 nitrogen and oxygen atoms in total. The zero-order valence-electron chi connectivity index (χ0n) is 16.9. The molecule has 0 aliphatic rings. The molecule has 160 valence electrons. The Balaban J connectivity index is 1.41. The summed E-state index contributed by atoms with van der Waals surface area (Å²) in [5.41, 5.74) is 0.804. The number of hydrogen-bond donors (Lipinski definition) is 3. The van der Waals surface area contributed by atoms with Gasteiger partial charge in [0.2, 0.25) is 0 Å². The monoisotopic (exact) mass is 445 g/mol. The Kier molecular flexibility index (Phi) is 7.84. The van der Waals surface area contributed by atoms with Crippen LogP contribution in [-0.2, 0) is 15.6 Å². The normalized spacial score (nSPS) is 13.3. The summed E-state index contributed by atoms with van der Waals surface area (Å²) in [6.45, 7) is 0.797. The molecule has 1 unspecified atom stereocenters. The predicted octanol–water partition coefficient (Wildman–Crippen LogP) is 3.10. The van der Waals surface area contributed by atoms with E-state index in [0.717, 1.165) is 20.5 Å². The summed E-state index contributed by atoms with van der Waals surface area (Å²) in [6, 6.07) is 19.2. The molecule has 0 saturated heterocycles. The van der Waals surface area contributed by atoms with E-state index < -0.39 is 15.9 Å². The van der Waals surface area contributed by atoms with Crippen molar-refractivity contribution < 1.29 is 13.5 Å². The summed E-state index contributed by atoms with van der Waals surface area (Å²) < 4.78 is 25.7. The molecule has 1 atom stereocenters. The number of fused-ring (bicyclic) bond motifs is 1. The van der Waals surface area contributed by atoms with E-state index in [4.69, 9.17) is 0 Å². The van der Waals surface area contributed by atoms with Crippen molar-refractivity contribution in [3.8, 4) is 0 Å². The van der Waals surface area contributed by atoms with Crippen LogP contribution in [0.25, 0.3) is 10.1 Å². The number of thiophene rings is 1. The number of hydrogen-bond acceptors (Lipinski definition) is 5. The maximum atomic E-state index is 12.3. The summed E-state index contributed by atoms with van der Waals surface area (Å²) in [5.74, 6) is 0.703. The van der Waals surface area contributed by atoms with Gasteiger partial charge in [0.25, 0.3) is 0 Å². The van der Waals surface area contributed by atoms with Gasteiger partial charge in [-0.2, -0.15) is 0 Å². The van der Waals surface area contributed by atoms with Crippen LogP contribution in [-0.4, -0.2) is 45.4 Å². The maximum absolute atomic E-state index is 12.3. The molecule has 8 heteroatoms. The Hall–Kier alpha value is -2.42. The molecule has 30 heavy (non-hydrogen) atoms. The van der Waals surface area contributed by atoms with Crippen LogP contribution in [0.2, 0.25) is 0 Å². The number of guanidine groups is 1. The van der Waals surface area contributed by atoms with E-state index >= 15 is 0 Å². The van der Waals surface area contributed by atoms with E-state index in [2.05, 4.69) is 15.6 Å². The average molecular weight is 446 g/mol. The molecule has 0 bridgehead atoms. The predicted molar refractivity (Wildman–Crippen MR) is 125 cm³/mol. The van der Waals surface area contributed by atoms with E-state index in [0.29, 0.717) is 25.5 Å². The third kappa shape index (κ3) is 6.55. The highest BCUT2D eigenvalue weighted by Crippen LogP contribution is 2.29. The van der Waals surface area contributed by atoms with E-state index in [1.807, 2.05) is 60.7 Å². The molecule has 3 N–H and O–H groups in total. The number of nitrogens with one attached hydrogen (secondary N) is 2. The summed E-state index contributed by atoms with van der Waals surface area (Å²) in [7, 11) is -1.51. The van der Waals surface area contributed by atoms with Crippen LogP contribution >= 0.6 is 11.3 Å². The van der Waals surface area contributed by atoms with Crippen molar-refractivity contribution in [3.63, 3.8) is 0 Å². The second kappa shape index (κ2) is 10.6. The molecule has 0 saturated carbocycles. The number of nitrogens with zero attached hydrogens (tertiary/aromatic N) is 1. The van der Waals surface area contributed by atoms with Gasteiger partial charge in [-0.15, -0.1) is 11.3 Å². The van der Waals surface area contributed by atoms with Crippen LogP contribution in [0.5, 0.6) is 0 Å². The van der Waals surface area contributed by atoms with E-state index in [1.165, 1.54) is 0 Å². The van der Waals surface area contributed by atoms with Crippen LogP contribution < -0.4 is 10.6 Å². The van der Waals surface area contributed by atoms with Gasteiger partial charge in [-0.25, -0.2) is 8.42 Å². The minimum Gasteiger partial charge on any atom is -0.386 e. The lowest BCUT2D eigenvalue weighted by atomic mass is 10.2. The molecular formula is C22H27N3O3S2. The number of aliphatic hydroxyl groups is 1. The van der Waals surface area contributed by atoms with Gasteiger partial charge >= 0.3 is 0 Å². The summed E-state index contributed by atoms with van der Waals surface area (Å²) in [4.78, 5) is 5.03. The Morgan fingerprint density at radius 3 is 2.57 bits per heavy atom. The lowest BCUT2D eigenvalue weighted by molar-refractivity contribution is 0.184. The fourth-order valence-electron chi connectivity index (χ4n) is 3.08. The smallest absolute Gasteiger partial charge is 0.191 e. The first-order valence-electron chi connectivity index (χ1n) is 9.82. The lowest BCUT2D eigenvalue weighted by Crippen LogP contribution is -2.40. The van der Waals surface area contributed by atoms with Gasteiger partial charge in [-0.3, -0.25) is 4.99 Å². The maximum Gasteiger partial charge on any atom is 0.191 e. The van der Waals surface area contributed by atoms with E-state index in [9.17, 15) is 13.5 Å². The van der Waals surface area contributed by atoms with Gasteiger partial charge < -0.3 is 15.7 Å². The van der Waals surface area contributed by atoms with Crippen LogP contribution in [0.3, 0.4) is 0 Å². The summed E-state index contributed by atoms with van der Waals surface area (Å²) >= 11 is 1.57. The standard InChI is InChI=1S/C22H27N3O3S2/c1-23-22(24-12-7-13-30(27,28)16-17-8-3-2-4-9-17)25-15-19(26)21-14-18-10-5-6-11-20(18)29-21/h2-6,8-11,14,19,26H,7,12-13,15-16H2,1H3,(H2,23,24,25). The lowest BCUT2D eigenvalue weighted by Gasteiger charge is -2.14. The second-order valence-corrected chi connectivity index (χ2v) is 10.3. The van der Waals surface area contributed by atoms with Crippen LogP contribution in [0.1, 0.15) is 23.0 Å². The molecule has 0 radical (unpaired) electrons. The van der Waals surface area contributed by atoms with Crippen LogP contribution in [0.4, 0.5) is 0 Å². The molecule has 0 aliphatic heterocycles. The topological polar surface area (TPSA) is 90.8 Å². The number of benzene rings is 2. The van der Waals surface area contributed by atoms with Gasteiger partial charge in [0.05, 0.1) is 11.5 Å². The van der Waals surface area contributed by atoms with Crippen molar-refractivity contribution in [1.82, 2.24) is 10.6 Å². The first-order chi connectivity index (χ1) is 14.5. The summed E-state index contributed by atoms with van der Waals surface area (Å²) in [6.07, 6.45) is -0.165. The molecule has 0 aliphatic carbocycles. The van der Waals surface area contributed by atoms with Gasteiger partial charge in [0.1, 0.15) is 6.10 Å². The zero-order valence-corrected chi connectivity index (χ0v) is 18.5. The number of aliphatic hydroxyl groups excluding tert-OH is 1. The first-order valence-corrected chi connectivity index (χ1v) is 12.5. The quantitative estimate of drug-likeness (QED) is 0.267. The highest BCUT2D eigenvalue weighted by molar-refractivity contribution is 7.90. The average Bonchev–Trinajstić information content (AvgIpc) is 3.18. The van der Waals surface area contributed by atoms with Crippen molar-refractivity contribution in [2.75, 3.05) is 25.9 Å². The second-order valence-electron chi connectivity index (χ2n) is 7.01. The van der Waals surface area contributed by atoms with Crippen molar-refractivity contribution in [2.45, 2.75) is 18.3 Å². The number of sulfone groups is 1. The van der Waals surface area contributed by atoms with Crippen LogP contribution in [0.15, 0.2) is 65.7 Å². The molecule has 2 aromatic carbocycles. The van der Waals surface area contributed by atoms with E-state index in [-0.39, 0.29) is 11.5 Å². The highest BCUT2D eigenvalue weighted by atomic mass is 32.2. The van der Waals surface area contributed by atoms with Gasteiger partial charge in [-0.05, 0) is 29.5 Å². The van der Waals surface area contributed by atoms with Crippen LogP contribution in [0, 0.1) is 0 Å². The Bertz CT molecular complexity index is 1050. The fourth-order valence-corrected chi connectivity index (χ4v) is 5.56. The molecule has 1 heterocycles. The minimum atomic E-state index is -3.15. The third-order valence-corrected chi connectivity index (χ3v) is 7.51. The largest absolute Gasteiger partial charge is 0.386 e. The SMILES string of the molecule is CN=C(NCCCS(=O)(=O)Cc1ccccc1)NCC(O)c1cc2ccccc2s1. The van der Waals surface area contributed by atoms with Crippen molar-refractivity contribution >= 4 is 37.2 Å². The molecular weight excluding hydrogens is 418 g/mol. The minimum absolute atomic E-state index is 0.0577. The van der Waals surface area contributed by atoms with Gasteiger partial charge in [0.15, 0.2) is 15.8 Å². The zero-order chi connectivity index (χ0) is 21.4. The number of aliphatic imine (C=N–C) groups is 1. The Morgan fingerprint density at radius 2 is 1.83 bits per heavy atom. The molecule has 0 amide bonds. The Labute approximate surface area is 181 Å². The fraction of sp³-hybridized carbons (Fsp3) is 0.318. The molecule has 0 fully saturated rings. The molecule has 3 rings (SSSR count). The molecule has 0 spiro atoms. The first kappa shape index (κ1) is 22.3. The molecule has 1 aromatic heterocycles. The third-order valence-electron chi connectivity index (χ3n) is 4.61. The highest BCUT2D eigenvalue weighted by Gasteiger charge is 2.13. The van der Waals surface area contributed by atoms with E-state index in [1.54, 1.807) is 18.4 Å². The van der Waals surface area contributed by atoms with Crippen molar-refractivity contribution in [1.29, 1.82) is 0 Å². The molecule has 3 aromatic rings. The summed E-state index contributed by atoms with van der Waals surface area (Å²) in [5, 5.41) is 17.8. The number of rotatable bonds is 9. The van der Waals surface area contributed by atoms with Crippen molar-refractivity contribution in [3.05, 3.63) is 71.1 Å². The Morgan fingerprint density at radius 1 is 1.10 bits per heavy atom. The van der Waals surface area contributed by atoms with Gasteiger partial charge in [0, 0.05) is 29.7 Å². The van der Waals surface area contributed by atoms with Crippen molar-refractivity contribution in [2.24, 2.45) is 4.99 Å².